The molecule has 0 N–H and O–H groups in total. The molecule has 0 aromatic heterocycles. The summed E-state index contributed by atoms with van der Waals surface area (Å²) in [6.45, 7) is 9.00. The van der Waals surface area contributed by atoms with Crippen molar-refractivity contribution in [1.82, 2.24) is 0 Å². The van der Waals surface area contributed by atoms with Crippen LogP contribution in [-0.2, 0) is 0 Å². The van der Waals surface area contributed by atoms with Gasteiger partial charge >= 0.3 is 0 Å². The molecule has 0 fully saturated rings. The first-order chi connectivity index (χ1) is 5.26. The second kappa shape index (κ2) is 6.45. The minimum Gasteiger partial charge on any atom is -0.0882 e. The SMILES string of the molecule is CC=C(CC)C(C)CCCC. The highest BCUT2D eigenvalue weighted by molar-refractivity contribution is 5.03. The largest absolute Gasteiger partial charge is 0.0882 e. The summed E-state index contributed by atoms with van der Waals surface area (Å²) in [7, 11) is 0. The highest BCUT2D eigenvalue weighted by Crippen LogP contribution is 2.19. The molecule has 0 aromatic carbocycles. The molecule has 0 radical (unpaired) electrons. The van der Waals surface area contributed by atoms with Crippen LogP contribution in [0.5, 0.6) is 0 Å². The fourth-order valence-corrected chi connectivity index (χ4v) is 1.53. The lowest BCUT2D eigenvalue weighted by atomic mass is 9.93. The van der Waals surface area contributed by atoms with E-state index in [1.165, 1.54) is 25.7 Å². The summed E-state index contributed by atoms with van der Waals surface area (Å²) in [4.78, 5) is 0. The van der Waals surface area contributed by atoms with Crippen molar-refractivity contribution in [2.75, 3.05) is 0 Å². The van der Waals surface area contributed by atoms with Gasteiger partial charge in [-0.05, 0) is 25.7 Å². The van der Waals surface area contributed by atoms with Gasteiger partial charge in [0.05, 0.1) is 0 Å². The second-order valence-electron chi connectivity index (χ2n) is 3.26. The van der Waals surface area contributed by atoms with Crippen LogP contribution in [0.25, 0.3) is 0 Å². The summed E-state index contributed by atoms with van der Waals surface area (Å²) in [6.07, 6.45) is 7.56. The highest BCUT2D eigenvalue weighted by atomic mass is 14.1. The molecule has 0 saturated heterocycles. The van der Waals surface area contributed by atoms with Gasteiger partial charge in [-0.25, -0.2) is 0 Å². The molecular weight excluding hydrogens is 132 g/mol. The molecule has 0 aliphatic heterocycles. The third kappa shape index (κ3) is 4.23. The van der Waals surface area contributed by atoms with Crippen LogP contribution in [0.4, 0.5) is 0 Å². The molecule has 0 spiro atoms. The van der Waals surface area contributed by atoms with Crippen LogP contribution in [0.15, 0.2) is 11.6 Å². The first-order valence-electron chi connectivity index (χ1n) is 4.91. The monoisotopic (exact) mass is 154 g/mol. The van der Waals surface area contributed by atoms with Gasteiger partial charge in [0.2, 0.25) is 0 Å². The van der Waals surface area contributed by atoms with Gasteiger partial charge in [0.25, 0.3) is 0 Å². The zero-order valence-corrected chi connectivity index (χ0v) is 8.48. The second-order valence-corrected chi connectivity index (χ2v) is 3.26. The van der Waals surface area contributed by atoms with Crippen LogP contribution in [0.1, 0.15) is 53.4 Å². The summed E-state index contributed by atoms with van der Waals surface area (Å²) >= 11 is 0. The van der Waals surface area contributed by atoms with E-state index in [1.807, 2.05) is 0 Å². The highest BCUT2D eigenvalue weighted by Gasteiger charge is 2.04. The van der Waals surface area contributed by atoms with E-state index in [1.54, 1.807) is 5.57 Å². The third-order valence-electron chi connectivity index (χ3n) is 2.40. The molecule has 0 saturated carbocycles. The average molecular weight is 154 g/mol. The smallest absolute Gasteiger partial charge is 0.0232 e. The van der Waals surface area contributed by atoms with Crippen molar-refractivity contribution in [3.63, 3.8) is 0 Å². The first kappa shape index (κ1) is 10.7. The lowest BCUT2D eigenvalue weighted by Gasteiger charge is -2.13. The lowest BCUT2D eigenvalue weighted by Crippen LogP contribution is -1.97. The molecule has 0 bridgehead atoms. The molecule has 0 aliphatic carbocycles. The van der Waals surface area contributed by atoms with Crippen LogP contribution in [0, 0.1) is 5.92 Å². The molecule has 0 nitrogen and oxygen atoms in total. The predicted molar refractivity (Wildman–Crippen MR) is 52.7 cm³/mol. The molecule has 0 aromatic rings. The molecule has 66 valence electrons. The quantitative estimate of drug-likeness (QED) is 0.521. The fraction of sp³-hybridized carbons (Fsp3) is 0.818. The predicted octanol–water partition coefficient (Wildman–Crippen LogP) is 4.17. The molecule has 0 aliphatic rings. The maximum atomic E-state index is 2.34. The van der Waals surface area contributed by atoms with E-state index in [0.717, 1.165) is 5.92 Å². The van der Waals surface area contributed by atoms with Gasteiger partial charge < -0.3 is 0 Å². The Morgan fingerprint density at radius 2 is 2.00 bits per heavy atom. The zero-order valence-electron chi connectivity index (χ0n) is 8.48. The van der Waals surface area contributed by atoms with Crippen LogP contribution < -0.4 is 0 Å². The number of hydrogen-bond acceptors (Lipinski definition) is 0. The standard InChI is InChI=1S/C11H22/c1-5-8-9-10(4)11(6-2)7-3/h6,10H,5,7-9H2,1-4H3. The van der Waals surface area contributed by atoms with E-state index in [2.05, 4.69) is 33.8 Å². The molecule has 1 atom stereocenters. The van der Waals surface area contributed by atoms with Crippen LogP contribution in [0.3, 0.4) is 0 Å². The number of allylic oxidation sites excluding steroid dienone is 2. The normalized spacial score (nSPS) is 15.1. The number of rotatable bonds is 5. The molecule has 11 heavy (non-hydrogen) atoms. The lowest BCUT2D eigenvalue weighted by molar-refractivity contribution is 0.558. The Balaban J connectivity index is 3.70. The molecule has 0 heterocycles. The molecule has 1 unspecified atom stereocenters. The fourth-order valence-electron chi connectivity index (χ4n) is 1.53. The van der Waals surface area contributed by atoms with Gasteiger partial charge in [0.1, 0.15) is 0 Å². The summed E-state index contributed by atoms with van der Waals surface area (Å²) in [5.41, 5.74) is 1.62. The Labute approximate surface area is 71.7 Å². The number of unbranched alkanes of at least 4 members (excludes halogenated alkanes) is 1. The number of hydrogen-bond donors (Lipinski definition) is 0. The van der Waals surface area contributed by atoms with Crippen LogP contribution in [0.2, 0.25) is 0 Å². The zero-order chi connectivity index (χ0) is 8.69. The van der Waals surface area contributed by atoms with Crippen molar-refractivity contribution >= 4 is 0 Å². The van der Waals surface area contributed by atoms with Gasteiger partial charge in [0, 0.05) is 0 Å². The van der Waals surface area contributed by atoms with Crippen LogP contribution in [-0.4, -0.2) is 0 Å². The Bertz CT molecular complexity index is 111. The third-order valence-corrected chi connectivity index (χ3v) is 2.40. The molecule has 0 heteroatoms. The maximum absolute atomic E-state index is 2.34. The van der Waals surface area contributed by atoms with Crippen molar-refractivity contribution in [3.8, 4) is 0 Å². The van der Waals surface area contributed by atoms with E-state index in [-0.39, 0.29) is 0 Å². The van der Waals surface area contributed by atoms with Gasteiger partial charge in [0.15, 0.2) is 0 Å². The van der Waals surface area contributed by atoms with Gasteiger partial charge in [-0.15, -0.1) is 0 Å². The van der Waals surface area contributed by atoms with Crippen molar-refractivity contribution < 1.29 is 0 Å². The maximum Gasteiger partial charge on any atom is -0.0232 e. The molecular formula is C11H22. The summed E-state index contributed by atoms with van der Waals surface area (Å²) in [5, 5.41) is 0. The summed E-state index contributed by atoms with van der Waals surface area (Å²) in [5.74, 6) is 0.810. The van der Waals surface area contributed by atoms with Gasteiger partial charge in [-0.1, -0.05) is 45.3 Å². The topological polar surface area (TPSA) is 0 Å². The van der Waals surface area contributed by atoms with Crippen LogP contribution >= 0.6 is 0 Å². The Morgan fingerprint density at radius 1 is 1.36 bits per heavy atom. The van der Waals surface area contributed by atoms with Gasteiger partial charge in [-0.3, -0.25) is 0 Å². The van der Waals surface area contributed by atoms with Crippen molar-refractivity contribution in [2.45, 2.75) is 53.4 Å². The van der Waals surface area contributed by atoms with E-state index in [9.17, 15) is 0 Å². The summed E-state index contributed by atoms with van der Waals surface area (Å²) in [6, 6.07) is 0. The van der Waals surface area contributed by atoms with Crippen molar-refractivity contribution in [2.24, 2.45) is 5.92 Å². The summed E-state index contributed by atoms with van der Waals surface area (Å²) < 4.78 is 0. The van der Waals surface area contributed by atoms with Gasteiger partial charge in [-0.2, -0.15) is 0 Å². The molecule has 0 rings (SSSR count). The van der Waals surface area contributed by atoms with E-state index < -0.39 is 0 Å². The van der Waals surface area contributed by atoms with E-state index in [0.29, 0.717) is 0 Å². The molecule has 0 amide bonds. The van der Waals surface area contributed by atoms with Crippen molar-refractivity contribution in [3.05, 3.63) is 11.6 Å². The van der Waals surface area contributed by atoms with E-state index >= 15 is 0 Å². The van der Waals surface area contributed by atoms with E-state index in [4.69, 9.17) is 0 Å². The first-order valence-corrected chi connectivity index (χ1v) is 4.91. The minimum absolute atomic E-state index is 0.810. The Morgan fingerprint density at radius 3 is 2.36 bits per heavy atom. The average Bonchev–Trinajstić information content (AvgIpc) is 2.03. The Hall–Kier alpha value is -0.260. The van der Waals surface area contributed by atoms with Crippen molar-refractivity contribution in [1.29, 1.82) is 0 Å². The minimum atomic E-state index is 0.810. The Kier molecular flexibility index (Phi) is 6.30.